The van der Waals surface area contributed by atoms with E-state index in [1.165, 1.54) is 13.2 Å². The molecule has 1 aromatic carbocycles. The molecule has 5 heteroatoms. The van der Waals surface area contributed by atoms with E-state index in [1.54, 1.807) is 25.4 Å². The number of esters is 1. The minimum atomic E-state index is -0.562. The predicted molar refractivity (Wildman–Crippen MR) is 74.0 cm³/mol. The Kier molecular flexibility index (Phi) is 4.30. The van der Waals surface area contributed by atoms with Crippen molar-refractivity contribution in [2.24, 2.45) is 0 Å². The highest BCUT2D eigenvalue weighted by Crippen LogP contribution is 2.22. The molecule has 0 aliphatic heterocycles. The van der Waals surface area contributed by atoms with Crippen LogP contribution in [0.5, 0.6) is 0 Å². The molecule has 2 rings (SSSR count). The van der Waals surface area contributed by atoms with Crippen LogP contribution >= 0.6 is 0 Å². The molecule has 0 aliphatic rings. The van der Waals surface area contributed by atoms with Crippen LogP contribution in [0, 0.1) is 12.7 Å². The zero-order valence-corrected chi connectivity index (χ0v) is 11.3. The molecular formula is C15H15FN2O2. The van der Waals surface area contributed by atoms with Crippen LogP contribution in [0.2, 0.25) is 0 Å². The van der Waals surface area contributed by atoms with Gasteiger partial charge in [-0.3, -0.25) is 4.98 Å². The van der Waals surface area contributed by atoms with Gasteiger partial charge in [0.05, 0.1) is 12.7 Å². The summed E-state index contributed by atoms with van der Waals surface area (Å²) in [5, 5.41) is 3.10. The van der Waals surface area contributed by atoms with Crippen LogP contribution < -0.4 is 5.32 Å². The van der Waals surface area contributed by atoms with Crippen molar-refractivity contribution in [2.75, 3.05) is 12.4 Å². The maximum atomic E-state index is 13.8. The van der Waals surface area contributed by atoms with Crippen molar-refractivity contribution in [3.8, 4) is 0 Å². The molecule has 0 fully saturated rings. The number of nitrogens with one attached hydrogen (secondary N) is 1. The lowest BCUT2D eigenvalue weighted by molar-refractivity contribution is 0.0600. The van der Waals surface area contributed by atoms with Gasteiger partial charge in [0.15, 0.2) is 0 Å². The highest BCUT2D eigenvalue weighted by Gasteiger charge is 2.12. The van der Waals surface area contributed by atoms with Gasteiger partial charge in [0.25, 0.3) is 0 Å². The molecule has 20 heavy (non-hydrogen) atoms. The fourth-order valence-electron chi connectivity index (χ4n) is 1.80. The first kappa shape index (κ1) is 14.0. The number of methoxy groups -OCH3 is 1. The Hall–Kier alpha value is -2.43. The van der Waals surface area contributed by atoms with Crippen LogP contribution in [0.25, 0.3) is 0 Å². The minimum absolute atomic E-state index is 0.185. The van der Waals surface area contributed by atoms with Crippen LogP contribution in [0.15, 0.2) is 36.7 Å². The Morgan fingerprint density at radius 2 is 2.25 bits per heavy atom. The Morgan fingerprint density at radius 1 is 1.45 bits per heavy atom. The highest BCUT2D eigenvalue weighted by atomic mass is 19.1. The summed E-state index contributed by atoms with van der Waals surface area (Å²) >= 11 is 0. The van der Waals surface area contributed by atoms with Gasteiger partial charge in [-0.15, -0.1) is 0 Å². The van der Waals surface area contributed by atoms with Gasteiger partial charge in [0.1, 0.15) is 5.82 Å². The number of ether oxygens (including phenoxy) is 1. The average molecular weight is 274 g/mol. The van der Waals surface area contributed by atoms with E-state index in [-0.39, 0.29) is 5.56 Å². The van der Waals surface area contributed by atoms with Gasteiger partial charge < -0.3 is 10.1 Å². The third kappa shape index (κ3) is 3.12. The standard InChI is InChI=1S/C15H15FN2O2/c1-10-13(16)6-12(15(19)20-2)7-14(10)18-9-11-4-3-5-17-8-11/h3-8,18H,9H2,1-2H3. The molecule has 0 radical (unpaired) electrons. The molecule has 1 heterocycles. The van der Waals surface area contributed by atoms with Gasteiger partial charge in [-0.25, -0.2) is 9.18 Å². The van der Waals surface area contributed by atoms with E-state index in [2.05, 4.69) is 15.0 Å². The maximum absolute atomic E-state index is 13.8. The molecule has 4 nitrogen and oxygen atoms in total. The minimum Gasteiger partial charge on any atom is -0.465 e. The number of benzene rings is 1. The Labute approximate surface area is 116 Å². The van der Waals surface area contributed by atoms with Gasteiger partial charge >= 0.3 is 5.97 Å². The predicted octanol–water partition coefficient (Wildman–Crippen LogP) is 2.93. The summed E-state index contributed by atoms with van der Waals surface area (Å²) in [6, 6.07) is 6.50. The number of carbonyl (C=O) groups is 1. The molecule has 1 N–H and O–H groups in total. The fraction of sp³-hybridized carbons (Fsp3) is 0.200. The molecule has 0 amide bonds. The molecule has 0 aliphatic carbocycles. The van der Waals surface area contributed by atoms with Gasteiger partial charge in [-0.1, -0.05) is 6.07 Å². The first-order chi connectivity index (χ1) is 9.61. The lowest BCUT2D eigenvalue weighted by Gasteiger charge is -2.12. The first-order valence-corrected chi connectivity index (χ1v) is 6.13. The average Bonchev–Trinajstić information content (AvgIpc) is 2.48. The Morgan fingerprint density at radius 3 is 2.90 bits per heavy atom. The number of hydrogen-bond acceptors (Lipinski definition) is 4. The summed E-state index contributed by atoms with van der Waals surface area (Å²) in [5.74, 6) is -1.00. The van der Waals surface area contributed by atoms with Crippen molar-refractivity contribution in [1.29, 1.82) is 0 Å². The third-order valence-corrected chi connectivity index (χ3v) is 2.97. The van der Waals surface area contributed by atoms with Crippen LogP contribution in [0.1, 0.15) is 21.5 Å². The molecule has 0 unspecified atom stereocenters. The van der Waals surface area contributed by atoms with Crippen molar-refractivity contribution in [3.05, 3.63) is 59.2 Å². The normalized spacial score (nSPS) is 10.2. The molecular weight excluding hydrogens is 259 g/mol. The second kappa shape index (κ2) is 6.14. The number of anilines is 1. The molecule has 0 bridgehead atoms. The lowest BCUT2D eigenvalue weighted by atomic mass is 10.1. The van der Waals surface area contributed by atoms with E-state index in [0.717, 1.165) is 5.56 Å². The van der Waals surface area contributed by atoms with Crippen LogP contribution in [-0.2, 0) is 11.3 Å². The zero-order valence-electron chi connectivity index (χ0n) is 11.3. The third-order valence-electron chi connectivity index (χ3n) is 2.97. The molecule has 0 saturated carbocycles. The number of halogens is 1. The summed E-state index contributed by atoms with van der Waals surface area (Å²) in [4.78, 5) is 15.5. The second-order valence-electron chi connectivity index (χ2n) is 4.34. The molecule has 0 saturated heterocycles. The lowest BCUT2D eigenvalue weighted by Crippen LogP contribution is -2.07. The van der Waals surface area contributed by atoms with Crippen LogP contribution in [0.4, 0.5) is 10.1 Å². The summed E-state index contributed by atoms with van der Waals surface area (Å²) in [7, 11) is 1.27. The van der Waals surface area contributed by atoms with E-state index in [1.807, 2.05) is 12.1 Å². The number of pyridine rings is 1. The maximum Gasteiger partial charge on any atom is 0.338 e. The van der Waals surface area contributed by atoms with Crippen LogP contribution in [0.3, 0.4) is 0 Å². The van der Waals surface area contributed by atoms with Crippen molar-refractivity contribution >= 4 is 11.7 Å². The largest absolute Gasteiger partial charge is 0.465 e. The van der Waals surface area contributed by atoms with E-state index >= 15 is 0 Å². The smallest absolute Gasteiger partial charge is 0.338 e. The van der Waals surface area contributed by atoms with Crippen molar-refractivity contribution in [1.82, 2.24) is 4.98 Å². The van der Waals surface area contributed by atoms with Crippen molar-refractivity contribution < 1.29 is 13.9 Å². The number of nitrogens with zero attached hydrogens (tertiary/aromatic N) is 1. The first-order valence-electron chi connectivity index (χ1n) is 6.13. The van der Waals surface area contributed by atoms with Crippen molar-refractivity contribution in [3.63, 3.8) is 0 Å². The highest BCUT2D eigenvalue weighted by molar-refractivity contribution is 5.90. The topological polar surface area (TPSA) is 51.2 Å². The van der Waals surface area contributed by atoms with E-state index in [4.69, 9.17) is 0 Å². The Bertz CT molecular complexity index is 615. The molecule has 2 aromatic rings. The molecule has 0 atom stereocenters. The molecule has 0 spiro atoms. The van der Waals surface area contributed by atoms with Gasteiger partial charge in [0, 0.05) is 30.2 Å². The SMILES string of the molecule is COC(=O)c1cc(F)c(C)c(NCc2cccnc2)c1. The molecule has 104 valence electrons. The molecule has 1 aromatic heterocycles. The zero-order chi connectivity index (χ0) is 14.5. The quantitative estimate of drug-likeness (QED) is 0.871. The summed E-state index contributed by atoms with van der Waals surface area (Å²) in [5.41, 5.74) is 2.18. The summed E-state index contributed by atoms with van der Waals surface area (Å²) in [6.45, 7) is 2.15. The fourth-order valence-corrected chi connectivity index (χ4v) is 1.80. The Balaban J connectivity index is 2.22. The second-order valence-corrected chi connectivity index (χ2v) is 4.34. The number of rotatable bonds is 4. The van der Waals surface area contributed by atoms with Crippen molar-refractivity contribution in [2.45, 2.75) is 13.5 Å². The summed E-state index contributed by atoms with van der Waals surface area (Å²) < 4.78 is 18.4. The monoisotopic (exact) mass is 274 g/mol. The van der Waals surface area contributed by atoms with E-state index in [9.17, 15) is 9.18 Å². The van der Waals surface area contributed by atoms with Gasteiger partial charge in [-0.2, -0.15) is 0 Å². The number of aromatic nitrogens is 1. The summed E-state index contributed by atoms with van der Waals surface area (Å²) in [6.07, 6.45) is 3.41. The van der Waals surface area contributed by atoms with Gasteiger partial charge in [-0.05, 0) is 30.7 Å². The van der Waals surface area contributed by atoms with Gasteiger partial charge in [0.2, 0.25) is 0 Å². The van der Waals surface area contributed by atoms with E-state index in [0.29, 0.717) is 17.8 Å². The van der Waals surface area contributed by atoms with Crippen LogP contribution in [-0.4, -0.2) is 18.1 Å². The van der Waals surface area contributed by atoms with E-state index < -0.39 is 11.8 Å². The number of hydrogen-bond donors (Lipinski definition) is 1. The number of carbonyl (C=O) groups excluding carboxylic acids is 1.